The second-order valence-corrected chi connectivity index (χ2v) is 7.04. The molecule has 3 amide bonds. The summed E-state index contributed by atoms with van der Waals surface area (Å²) in [6, 6.07) is 2.10. The van der Waals surface area contributed by atoms with Gasteiger partial charge in [-0.1, -0.05) is 0 Å². The predicted molar refractivity (Wildman–Crippen MR) is 91.8 cm³/mol. The van der Waals surface area contributed by atoms with Crippen LogP contribution in [0.3, 0.4) is 0 Å². The third-order valence-electron chi connectivity index (χ3n) is 5.15. The fourth-order valence-corrected chi connectivity index (χ4v) is 3.57. The minimum Gasteiger partial charge on any atom is -0.354 e. The molecular formula is C17H25N5O3. The minimum atomic E-state index is -0.0800. The SMILES string of the molecule is CC(=O)NC1CC(c2cc(NC(=O)C3CCN(C(C)=O)CC3)n[nH]2)C1. The Labute approximate surface area is 146 Å². The molecule has 0 bridgehead atoms. The van der Waals surface area contributed by atoms with E-state index in [0.717, 1.165) is 18.5 Å². The van der Waals surface area contributed by atoms with Gasteiger partial charge in [-0.2, -0.15) is 5.10 Å². The lowest BCUT2D eigenvalue weighted by atomic mass is 9.78. The number of likely N-dealkylation sites (tertiary alicyclic amines) is 1. The molecule has 1 aliphatic heterocycles. The molecule has 3 N–H and O–H groups in total. The first-order valence-electron chi connectivity index (χ1n) is 8.81. The number of H-pyrrole nitrogens is 1. The van der Waals surface area contributed by atoms with E-state index in [1.807, 2.05) is 6.07 Å². The normalized spacial score (nSPS) is 23.7. The molecule has 0 atom stereocenters. The van der Waals surface area contributed by atoms with Crippen molar-refractivity contribution in [1.82, 2.24) is 20.4 Å². The van der Waals surface area contributed by atoms with Crippen LogP contribution in [0.4, 0.5) is 5.82 Å². The molecule has 8 heteroatoms. The lowest BCUT2D eigenvalue weighted by molar-refractivity contribution is -0.132. The summed E-state index contributed by atoms with van der Waals surface area (Å²) in [5.74, 6) is 0.825. The van der Waals surface area contributed by atoms with Crippen LogP contribution in [0, 0.1) is 5.92 Å². The molecule has 1 saturated heterocycles. The first kappa shape index (κ1) is 17.4. The van der Waals surface area contributed by atoms with Crippen molar-refractivity contribution in [3.05, 3.63) is 11.8 Å². The number of carbonyl (C=O) groups excluding carboxylic acids is 3. The van der Waals surface area contributed by atoms with E-state index < -0.39 is 0 Å². The van der Waals surface area contributed by atoms with Gasteiger partial charge in [-0.3, -0.25) is 19.5 Å². The van der Waals surface area contributed by atoms with Gasteiger partial charge in [0, 0.05) is 56.6 Å². The van der Waals surface area contributed by atoms with Gasteiger partial charge >= 0.3 is 0 Å². The summed E-state index contributed by atoms with van der Waals surface area (Å²) < 4.78 is 0. The Morgan fingerprint density at radius 3 is 2.48 bits per heavy atom. The number of hydrogen-bond donors (Lipinski definition) is 3. The van der Waals surface area contributed by atoms with E-state index in [1.54, 1.807) is 11.8 Å². The Balaban J connectivity index is 1.46. The van der Waals surface area contributed by atoms with Gasteiger partial charge in [-0.15, -0.1) is 0 Å². The van der Waals surface area contributed by atoms with Crippen molar-refractivity contribution >= 4 is 23.5 Å². The van der Waals surface area contributed by atoms with Gasteiger partial charge in [0.25, 0.3) is 0 Å². The largest absolute Gasteiger partial charge is 0.354 e. The van der Waals surface area contributed by atoms with E-state index in [2.05, 4.69) is 20.8 Å². The van der Waals surface area contributed by atoms with Gasteiger partial charge in [0.15, 0.2) is 5.82 Å². The molecule has 2 heterocycles. The summed E-state index contributed by atoms with van der Waals surface area (Å²) in [4.78, 5) is 36.5. The monoisotopic (exact) mass is 347 g/mol. The van der Waals surface area contributed by atoms with E-state index in [0.29, 0.717) is 37.7 Å². The fraction of sp³-hybridized carbons (Fsp3) is 0.647. The highest BCUT2D eigenvalue weighted by Gasteiger charge is 2.32. The van der Waals surface area contributed by atoms with E-state index >= 15 is 0 Å². The molecule has 0 radical (unpaired) electrons. The molecule has 0 unspecified atom stereocenters. The van der Waals surface area contributed by atoms with Gasteiger partial charge in [0.05, 0.1) is 0 Å². The average Bonchev–Trinajstić information content (AvgIpc) is 2.98. The van der Waals surface area contributed by atoms with Gasteiger partial charge in [0.2, 0.25) is 17.7 Å². The summed E-state index contributed by atoms with van der Waals surface area (Å²) in [7, 11) is 0. The molecule has 1 saturated carbocycles. The summed E-state index contributed by atoms with van der Waals surface area (Å²) >= 11 is 0. The number of carbonyl (C=O) groups is 3. The van der Waals surface area contributed by atoms with Gasteiger partial charge in [0.1, 0.15) is 0 Å². The molecule has 25 heavy (non-hydrogen) atoms. The first-order chi connectivity index (χ1) is 11.9. The Bertz CT molecular complexity index is 657. The van der Waals surface area contributed by atoms with Crippen molar-refractivity contribution in [1.29, 1.82) is 0 Å². The van der Waals surface area contributed by atoms with E-state index in [1.165, 1.54) is 6.92 Å². The van der Waals surface area contributed by atoms with Gasteiger partial charge in [-0.05, 0) is 25.7 Å². The topological polar surface area (TPSA) is 107 Å². The number of piperidine rings is 1. The summed E-state index contributed by atoms with van der Waals surface area (Å²) in [5.41, 5.74) is 0.989. The van der Waals surface area contributed by atoms with Crippen LogP contribution >= 0.6 is 0 Å². The van der Waals surface area contributed by atoms with Crippen LogP contribution in [0.15, 0.2) is 6.07 Å². The second kappa shape index (κ2) is 7.25. The van der Waals surface area contributed by atoms with E-state index in [4.69, 9.17) is 0 Å². The molecule has 2 fully saturated rings. The molecule has 1 aliphatic carbocycles. The van der Waals surface area contributed by atoms with Crippen LogP contribution in [0.5, 0.6) is 0 Å². The van der Waals surface area contributed by atoms with E-state index in [9.17, 15) is 14.4 Å². The molecule has 1 aromatic rings. The molecule has 0 aromatic carbocycles. The van der Waals surface area contributed by atoms with E-state index in [-0.39, 0.29) is 29.7 Å². The summed E-state index contributed by atoms with van der Waals surface area (Å²) in [6.45, 7) is 4.35. The summed E-state index contributed by atoms with van der Waals surface area (Å²) in [5, 5.41) is 12.9. The minimum absolute atomic E-state index is 0.00293. The highest BCUT2D eigenvalue weighted by atomic mass is 16.2. The van der Waals surface area contributed by atoms with Gasteiger partial charge in [-0.25, -0.2) is 0 Å². The molecule has 136 valence electrons. The van der Waals surface area contributed by atoms with Crippen LogP contribution in [0.25, 0.3) is 0 Å². The zero-order valence-electron chi connectivity index (χ0n) is 14.7. The number of nitrogens with zero attached hydrogens (tertiary/aromatic N) is 2. The summed E-state index contributed by atoms with van der Waals surface area (Å²) in [6.07, 6.45) is 3.14. The molecule has 0 spiro atoms. The van der Waals surface area contributed by atoms with Crippen LogP contribution in [0.2, 0.25) is 0 Å². The molecular weight excluding hydrogens is 322 g/mol. The van der Waals surface area contributed by atoms with Crippen molar-refractivity contribution < 1.29 is 14.4 Å². The van der Waals surface area contributed by atoms with Crippen LogP contribution in [-0.4, -0.2) is 52.0 Å². The standard InChI is InChI=1S/C17H25N5O3/c1-10(23)18-14-7-13(8-14)15-9-16(21-20-15)19-17(25)12-3-5-22(6-4-12)11(2)24/h9,12-14H,3-8H2,1-2H3,(H,18,23)(H2,19,20,21,25). The fourth-order valence-electron chi connectivity index (χ4n) is 3.57. The smallest absolute Gasteiger partial charge is 0.228 e. The zero-order valence-corrected chi connectivity index (χ0v) is 14.7. The maximum atomic E-state index is 12.4. The van der Waals surface area contributed by atoms with Crippen LogP contribution in [-0.2, 0) is 14.4 Å². The highest BCUT2D eigenvalue weighted by molar-refractivity contribution is 5.92. The number of aromatic amines is 1. The second-order valence-electron chi connectivity index (χ2n) is 7.04. The Hall–Kier alpha value is -2.38. The van der Waals surface area contributed by atoms with Crippen LogP contribution < -0.4 is 10.6 Å². The molecule has 8 nitrogen and oxygen atoms in total. The van der Waals surface area contributed by atoms with Crippen molar-refractivity contribution in [3.8, 4) is 0 Å². The number of rotatable bonds is 4. The highest BCUT2D eigenvalue weighted by Crippen LogP contribution is 2.36. The predicted octanol–water partition coefficient (Wildman–Crippen LogP) is 0.989. The lowest BCUT2D eigenvalue weighted by Crippen LogP contribution is -2.42. The Morgan fingerprint density at radius 1 is 1.20 bits per heavy atom. The van der Waals surface area contributed by atoms with Crippen molar-refractivity contribution in [2.24, 2.45) is 5.92 Å². The molecule has 3 rings (SSSR count). The first-order valence-corrected chi connectivity index (χ1v) is 8.81. The number of hydrogen-bond acceptors (Lipinski definition) is 4. The van der Waals surface area contributed by atoms with Crippen molar-refractivity contribution in [2.75, 3.05) is 18.4 Å². The zero-order chi connectivity index (χ0) is 18.0. The maximum absolute atomic E-state index is 12.4. The van der Waals surface area contributed by atoms with Crippen molar-refractivity contribution in [3.63, 3.8) is 0 Å². The van der Waals surface area contributed by atoms with Crippen molar-refractivity contribution in [2.45, 2.75) is 51.5 Å². The van der Waals surface area contributed by atoms with Crippen LogP contribution in [0.1, 0.15) is 51.1 Å². The average molecular weight is 347 g/mol. The Morgan fingerprint density at radius 2 is 1.88 bits per heavy atom. The quantitative estimate of drug-likeness (QED) is 0.755. The van der Waals surface area contributed by atoms with Gasteiger partial charge < -0.3 is 15.5 Å². The number of amides is 3. The number of anilines is 1. The lowest BCUT2D eigenvalue weighted by Gasteiger charge is -2.34. The molecule has 2 aliphatic rings. The third kappa shape index (κ3) is 4.18. The Kier molecular flexibility index (Phi) is 5.06. The maximum Gasteiger partial charge on any atom is 0.228 e. The number of nitrogens with one attached hydrogen (secondary N) is 3. The molecule has 1 aromatic heterocycles. The number of aromatic nitrogens is 2. The third-order valence-corrected chi connectivity index (χ3v) is 5.15.